The van der Waals surface area contributed by atoms with Gasteiger partial charge in [0, 0.05) is 33.0 Å². The molecule has 0 bridgehead atoms. The van der Waals surface area contributed by atoms with Crippen molar-refractivity contribution in [2.24, 2.45) is 0 Å². The van der Waals surface area contributed by atoms with Crippen molar-refractivity contribution in [3.63, 3.8) is 0 Å². The summed E-state index contributed by atoms with van der Waals surface area (Å²) in [5, 5.41) is 9.53. The molecule has 0 atom stereocenters. The maximum absolute atomic E-state index is 6.37. The Balaban J connectivity index is 1.06. The Morgan fingerprint density at radius 3 is 1.35 bits per heavy atom. The highest BCUT2D eigenvalue weighted by atomic mass is 16.3. The average Bonchev–Trinajstić information content (AvgIpc) is 3.66. The van der Waals surface area contributed by atoms with E-state index in [9.17, 15) is 0 Å². The summed E-state index contributed by atoms with van der Waals surface area (Å²) < 4.78 is 6.37. The zero-order chi connectivity index (χ0) is 36.3. The molecule has 11 aromatic rings. The van der Waals surface area contributed by atoms with Crippen LogP contribution >= 0.6 is 0 Å². The van der Waals surface area contributed by atoms with E-state index < -0.39 is 0 Å². The third-order valence-electron chi connectivity index (χ3n) is 10.7. The van der Waals surface area contributed by atoms with Gasteiger partial charge < -0.3 is 4.42 Å². The van der Waals surface area contributed by atoms with Crippen LogP contribution in [0.1, 0.15) is 0 Å². The molecular weight excluding hydrogens is 671 g/mol. The first-order valence-electron chi connectivity index (χ1n) is 18.5. The van der Waals surface area contributed by atoms with Gasteiger partial charge in [0.15, 0.2) is 17.5 Å². The fourth-order valence-corrected chi connectivity index (χ4v) is 8.03. The lowest BCUT2D eigenvalue weighted by Crippen LogP contribution is -2.00. The minimum atomic E-state index is 0.615. The van der Waals surface area contributed by atoms with Gasteiger partial charge in [-0.1, -0.05) is 176 Å². The Morgan fingerprint density at radius 2 is 0.709 bits per heavy atom. The minimum absolute atomic E-state index is 0.615. The van der Waals surface area contributed by atoms with Crippen LogP contribution in [0.2, 0.25) is 0 Å². The topological polar surface area (TPSA) is 51.8 Å². The Morgan fingerprint density at radius 1 is 0.273 bits per heavy atom. The van der Waals surface area contributed by atoms with Crippen LogP contribution in [-0.2, 0) is 0 Å². The molecule has 55 heavy (non-hydrogen) atoms. The van der Waals surface area contributed by atoms with Gasteiger partial charge in [-0.3, -0.25) is 0 Å². The molecule has 11 rings (SSSR count). The first kappa shape index (κ1) is 31.1. The molecule has 0 amide bonds. The summed E-state index contributed by atoms with van der Waals surface area (Å²) in [6, 6.07) is 65.7. The van der Waals surface area contributed by atoms with Crippen LogP contribution in [-0.4, -0.2) is 15.0 Å². The van der Waals surface area contributed by atoms with E-state index in [0.717, 1.165) is 55.3 Å². The second-order valence-corrected chi connectivity index (χ2v) is 14.0. The van der Waals surface area contributed by atoms with Crippen molar-refractivity contribution in [3.05, 3.63) is 188 Å². The zero-order valence-corrected chi connectivity index (χ0v) is 29.6. The van der Waals surface area contributed by atoms with Crippen LogP contribution in [0.25, 0.3) is 111 Å². The van der Waals surface area contributed by atoms with E-state index in [0.29, 0.717) is 17.5 Å². The molecule has 0 aliphatic heterocycles. The molecule has 0 N–H and O–H groups in total. The van der Waals surface area contributed by atoms with Gasteiger partial charge in [-0.05, 0) is 61.1 Å². The third-order valence-corrected chi connectivity index (χ3v) is 10.7. The third kappa shape index (κ3) is 5.26. The molecule has 9 aromatic carbocycles. The predicted molar refractivity (Wildman–Crippen MR) is 227 cm³/mol. The molecule has 0 fully saturated rings. The van der Waals surface area contributed by atoms with Crippen molar-refractivity contribution in [2.45, 2.75) is 0 Å². The van der Waals surface area contributed by atoms with Crippen molar-refractivity contribution in [3.8, 4) is 56.4 Å². The van der Waals surface area contributed by atoms with Crippen molar-refractivity contribution in [1.29, 1.82) is 0 Å². The Kier molecular flexibility index (Phi) is 7.14. The van der Waals surface area contributed by atoms with Crippen LogP contribution in [0.4, 0.5) is 0 Å². The largest absolute Gasteiger partial charge is 0.455 e. The van der Waals surface area contributed by atoms with Crippen molar-refractivity contribution >= 4 is 54.3 Å². The van der Waals surface area contributed by atoms with E-state index in [1.54, 1.807) is 0 Å². The fraction of sp³-hybridized carbons (Fsp3) is 0. The first-order chi connectivity index (χ1) is 27.2. The summed E-state index contributed by atoms with van der Waals surface area (Å²) in [4.78, 5) is 15.4. The number of fused-ring (bicyclic) bond motifs is 9. The molecule has 0 radical (unpaired) electrons. The monoisotopic (exact) mass is 701 g/mol. The van der Waals surface area contributed by atoms with E-state index in [-0.39, 0.29) is 0 Å². The maximum atomic E-state index is 6.37. The zero-order valence-electron chi connectivity index (χ0n) is 29.6. The molecule has 2 heterocycles. The molecule has 2 aromatic heterocycles. The molecule has 0 spiro atoms. The van der Waals surface area contributed by atoms with Gasteiger partial charge in [0.1, 0.15) is 11.2 Å². The lowest BCUT2D eigenvalue weighted by molar-refractivity contribution is 0.670. The standard InChI is InChI=1S/C51H31N3O/c1-2-11-32(12-3-1)33-21-25-35(26-22-33)49-52-50(36-27-23-34(24-28-36)38-18-10-19-45-44-17-8-9-20-47(44)55-48(38)45)54-51(53-49)37-29-30-43-41-15-5-4-13-39(41)40-14-6-7-16-42(40)46(43)31-37/h1-31H. The van der Waals surface area contributed by atoms with Gasteiger partial charge in [0.05, 0.1) is 0 Å². The van der Waals surface area contributed by atoms with Crippen LogP contribution in [0.15, 0.2) is 192 Å². The second-order valence-electron chi connectivity index (χ2n) is 14.0. The smallest absolute Gasteiger partial charge is 0.164 e. The summed E-state index contributed by atoms with van der Waals surface area (Å²) in [5.41, 5.74) is 8.96. The number of hydrogen-bond acceptors (Lipinski definition) is 4. The highest BCUT2D eigenvalue weighted by Gasteiger charge is 2.17. The van der Waals surface area contributed by atoms with Crippen LogP contribution in [0, 0.1) is 0 Å². The van der Waals surface area contributed by atoms with E-state index >= 15 is 0 Å². The van der Waals surface area contributed by atoms with Gasteiger partial charge in [-0.2, -0.15) is 0 Å². The Hall–Kier alpha value is -7.43. The first-order valence-corrected chi connectivity index (χ1v) is 18.5. The molecule has 0 saturated carbocycles. The van der Waals surface area contributed by atoms with Crippen molar-refractivity contribution in [1.82, 2.24) is 15.0 Å². The fourth-order valence-electron chi connectivity index (χ4n) is 8.03. The molecule has 4 nitrogen and oxygen atoms in total. The van der Waals surface area contributed by atoms with Gasteiger partial charge in [0.2, 0.25) is 0 Å². The number of rotatable bonds is 5. The molecule has 0 aliphatic rings. The van der Waals surface area contributed by atoms with Crippen molar-refractivity contribution in [2.75, 3.05) is 0 Å². The van der Waals surface area contributed by atoms with Crippen LogP contribution in [0.3, 0.4) is 0 Å². The number of aromatic nitrogens is 3. The van der Waals surface area contributed by atoms with Gasteiger partial charge in [-0.15, -0.1) is 0 Å². The van der Waals surface area contributed by atoms with E-state index in [1.807, 2.05) is 18.2 Å². The van der Waals surface area contributed by atoms with Crippen LogP contribution < -0.4 is 0 Å². The number of hydrogen-bond donors (Lipinski definition) is 0. The molecule has 0 unspecified atom stereocenters. The van der Waals surface area contributed by atoms with E-state index in [1.165, 1.54) is 37.9 Å². The molecule has 256 valence electrons. The van der Waals surface area contributed by atoms with Gasteiger partial charge >= 0.3 is 0 Å². The number of para-hydroxylation sites is 2. The SMILES string of the molecule is c1ccc(-c2ccc(-c3nc(-c4ccc(-c5cccc6c5oc5ccccc56)cc4)nc(-c4ccc5c6ccccc6c6ccccc6c5c4)n3)cc2)cc1. The lowest BCUT2D eigenvalue weighted by atomic mass is 9.93. The maximum Gasteiger partial charge on any atom is 0.164 e. The van der Waals surface area contributed by atoms with Gasteiger partial charge in [0.25, 0.3) is 0 Å². The van der Waals surface area contributed by atoms with Crippen LogP contribution in [0.5, 0.6) is 0 Å². The molecule has 4 heteroatoms. The Bertz CT molecular complexity index is 3200. The summed E-state index contributed by atoms with van der Waals surface area (Å²) in [6.45, 7) is 0. The summed E-state index contributed by atoms with van der Waals surface area (Å²) in [6.07, 6.45) is 0. The highest BCUT2D eigenvalue weighted by Crippen LogP contribution is 2.39. The van der Waals surface area contributed by atoms with E-state index in [2.05, 4.69) is 170 Å². The summed E-state index contributed by atoms with van der Waals surface area (Å²) in [7, 11) is 0. The summed E-state index contributed by atoms with van der Waals surface area (Å²) >= 11 is 0. The normalized spacial score (nSPS) is 11.6. The number of benzene rings is 9. The number of nitrogens with zero attached hydrogens (tertiary/aromatic N) is 3. The lowest BCUT2D eigenvalue weighted by Gasteiger charge is -2.13. The quantitative estimate of drug-likeness (QED) is 0.168. The predicted octanol–water partition coefficient (Wildman–Crippen LogP) is 13.6. The summed E-state index contributed by atoms with van der Waals surface area (Å²) in [5.74, 6) is 1.87. The average molecular weight is 702 g/mol. The minimum Gasteiger partial charge on any atom is -0.455 e. The van der Waals surface area contributed by atoms with Gasteiger partial charge in [-0.25, -0.2) is 15.0 Å². The highest BCUT2D eigenvalue weighted by molar-refractivity contribution is 6.25. The molecule has 0 saturated heterocycles. The molecular formula is C51H31N3O. The van der Waals surface area contributed by atoms with Crippen molar-refractivity contribution < 1.29 is 4.42 Å². The second kappa shape index (κ2) is 12.6. The number of furan rings is 1. The Labute approximate surface area is 317 Å². The molecule has 0 aliphatic carbocycles. The van der Waals surface area contributed by atoms with E-state index in [4.69, 9.17) is 19.4 Å².